The van der Waals surface area contributed by atoms with E-state index in [1.165, 1.54) is 4.90 Å². The third-order valence-electron chi connectivity index (χ3n) is 3.46. The molecule has 1 atom stereocenters. The van der Waals surface area contributed by atoms with E-state index in [0.29, 0.717) is 27.4 Å². The van der Waals surface area contributed by atoms with Gasteiger partial charge in [0.1, 0.15) is 0 Å². The monoisotopic (exact) mass is 283 g/mol. The average Bonchev–Trinajstić information content (AvgIpc) is 2.76. The van der Waals surface area contributed by atoms with Crippen LogP contribution in [0.15, 0.2) is 36.7 Å². The smallest absolute Gasteiger partial charge is 0.260 e. The number of nitrogens with zero attached hydrogens (tertiary/aromatic N) is 3. The number of hydrogen-bond acceptors (Lipinski definition) is 3. The molecule has 0 saturated carbocycles. The maximum Gasteiger partial charge on any atom is 0.260 e. The number of carbonyl (C=O) groups excluding carboxylic acids is 1. The predicted octanol–water partition coefficient (Wildman–Crippen LogP) is 3.27. The summed E-state index contributed by atoms with van der Waals surface area (Å²) >= 11 is 6.08. The fourth-order valence-electron chi connectivity index (χ4n) is 2.49. The molecule has 2 heterocycles. The van der Waals surface area contributed by atoms with Gasteiger partial charge in [-0.1, -0.05) is 17.7 Å². The van der Waals surface area contributed by atoms with Crippen molar-refractivity contribution in [1.82, 2.24) is 4.98 Å². The van der Waals surface area contributed by atoms with Crippen LogP contribution in [0.3, 0.4) is 0 Å². The van der Waals surface area contributed by atoms with Gasteiger partial charge in [-0.2, -0.15) is 5.26 Å². The zero-order chi connectivity index (χ0) is 14.3. The van der Waals surface area contributed by atoms with E-state index in [4.69, 9.17) is 11.6 Å². The number of rotatable bonds is 1. The molecule has 0 saturated heterocycles. The lowest BCUT2D eigenvalue weighted by atomic mass is 10.0. The highest BCUT2D eigenvalue weighted by atomic mass is 35.5. The number of amides is 1. The van der Waals surface area contributed by atoms with Crippen LogP contribution in [-0.2, 0) is 0 Å². The summed E-state index contributed by atoms with van der Waals surface area (Å²) in [6.45, 7) is 1.79. The fourth-order valence-corrected chi connectivity index (χ4v) is 2.64. The number of aromatic nitrogens is 1. The van der Waals surface area contributed by atoms with Gasteiger partial charge in [0.2, 0.25) is 0 Å². The van der Waals surface area contributed by atoms with Crippen LogP contribution < -0.4 is 4.90 Å². The molecule has 0 radical (unpaired) electrons. The molecule has 1 aromatic heterocycles. The van der Waals surface area contributed by atoms with E-state index in [1.54, 1.807) is 43.6 Å². The van der Waals surface area contributed by atoms with E-state index >= 15 is 0 Å². The molecule has 0 spiro atoms. The Bertz CT molecular complexity index is 737. The summed E-state index contributed by atoms with van der Waals surface area (Å²) in [6, 6.07) is 8.50. The van der Waals surface area contributed by atoms with Crippen LogP contribution in [0, 0.1) is 18.3 Å². The van der Waals surface area contributed by atoms with Gasteiger partial charge in [0.15, 0.2) is 6.04 Å². The molecule has 3 rings (SSSR count). The standard InChI is InChI=1S/C15H10ClN3O/c1-9-12(16)5-4-11-13(7-17)19(15(20)14(9)11)10-3-2-6-18-8-10/h2-6,8,13H,1H3. The van der Waals surface area contributed by atoms with Gasteiger partial charge < -0.3 is 0 Å². The summed E-state index contributed by atoms with van der Waals surface area (Å²) in [5, 5.41) is 9.95. The molecule has 20 heavy (non-hydrogen) atoms. The molecular formula is C15H10ClN3O. The normalized spacial score (nSPS) is 16.9. The van der Waals surface area contributed by atoms with E-state index in [1.807, 2.05) is 0 Å². The Morgan fingerprint density at radius 1 is 1.40 bits per heavy atom. The first-order valence-corrected chi connectivity index (χ1v) is 6.45. The summed E-state index contributed by atoms with van der Waals surface area (Å²) in [5.41, 5.74) is 2.53. The first-order valence-electron chi connectivity index (χ1n) is 6.07. The quantitative estimate of drug-likeness (QED) is 0.807. The van der Waals surface area contributed by atoms with Crippen molar-refractivity contribution in [1.29, 1.82) is 5.26 Å². The average molecular weight is 284 g/mol. The summed E-state index contributed by atoms with van der Waals surface area (Å²) in [7, 11) is 0. The van der Waals surface area contributed by atoms with Crippen molar-refractivity contribution in [3.8, 4) is 6.07 Å². The SMILES string of the molecule is Cc1c(Cl)ccc2c1C(=O)N(c1cccnc1)C2C#N. The van der Waals surface area contributed by atoms with E-state index < -0.39 is 6.04 Å². The largest absolute Gasteiger partial charge is 0.286 e. The first kappa shape index (κ1) is 12.6. The maximum atomic E-state index is 12.6. The second-order valence-electron chi connectivity index (χ2n) is 4.55. The predicted molar refractivity (Wildman–Crippen MR) is 75.6 cm³/mol. The lowest BCUT2D eigenvalue weighted by Gasteiger charge is -2.19. The Balaban J connectivity index is 2.21. The number of fused-ring (bicyclic) bond motifs is 1. The Morgan fingerprint density at radius 3 is 2.85 bits per heavy atom. The zero-order valence-electron chi connectivity index (χ0n) is 10.7. The van der Waals surface area contributed by atoms with Crippen LogP contribution in [0.25, 0.3) is 0 Å². The van der Waals surface area contributed by atoms with Crippen molar-refractivity contribution in [2.75, 3.05) is 4.90 Å². The molecule has 1 amide bonds. The molecule has 98 valence electrons. The van der Waals surface area contributed by atoms with Crippen LogP contribution in [-0.4, -0.2) is 10.9 Å². The van der Waals surface area contributed by atoms with E-state index in [9.17, 15) is 10.1 Å². The Labute approximate surface area is 121 Å². The van der Waals surface area contributed by atoms with Gasteiger partial charge in [0.05, 0.1) is 23.5 Å². The van der Waals surface area contributed by atoms with Gasteiger partial charge in [-0.15, -0.1) is 0 Å². The van der Waals surface area contributed by atoms with Crippen LogP contribution in [0.4, 0.5) is 5.69 Å². The maximum absolute atomic E-state index is 12.6. The lowest BCUT2D eigenvalue weighted by molar-refractivity contribution is 0.0994. The Hall–Kier alpha value is -2.38. The zero-order valence-corrected chi connectivity index (χ0v) is 11.4. The number of hydrogen-bond donors (Lipinski definition) is 0. The number of anilines is 1. The summed E-state index contributed by atoms with van der Waals surface area (Å²) in [5.74, 6) is -0.209. The lowest BCUT2D eigenvalue weighted by Crippen LogP contribution is -2.27. The molecule has 5 heteroatoms. The molecule has 2 aromatic rings. The molecular weight excluding hydrogens is 274 g/mol. The van der Waals surface area contributed by atoms with Crippen molar-refractivity contribution >= 4 is 23.2 Å². The number of halogens is 1. The highest BCUT2D eigenvalue weighted by molar-refractivity contribution is 6.32. The molecule has 1 aliphatic heterocycles. The van der Waals surface area contributed by atoms with Crippen molar-refractivity contribution < 1.29 is 4.79 Å². The molecule has 0 fully saturated rings. The van der Waals surface area contributed by atoms with Gasteiger partial charge >= 0.3 is 0 Å². The molecule has 0 aliphatic carbocycles. The minimum absolute atomic E-state index is 0.209. The van der Waals surface area contributed by atoms with Crippen molar-refractivity contribution in [3.63, 3.8) is 0 Å². The van der Waals surface area contributed by atoms with Gasteiger partial charge in [-0.05, 0) is 30.7 Å². The van der Waals surface area contributed by atoms with Crippen LogP contribution >= 0.6 is 11.6 Å². The molecule has 1 aliphatic rings. The van der Waals surface area contributed by atoms with Crippen LogP contribution in [0.2, 0.25) is 5.02 Å². The van der Waals surface area contributed by atoms with Gasteiger partial charge in [0, 0.05) is 16.8 Å². The number of benzene rings is 1. The van der Waals surface area contributed by atoms with Crippen LogP contribution in [0.1, 0.15) is 27.5 Å². The van der Waals surface area contributed by atoms with E-state index in [2.05, 4.69) is 11.1 Å². The molecule has 1 unspecified atom stereocenters. The number of carbonyl (C=O) groups is 1. The van der Waals surface area contributed by atoms with Crippen molar-refractivity contribution in [3.05, 3.63) is 58.4 Å². The van der Waals surface area contributed by atoms with Gasteiger partial charge in [0.25, 0.3) is 5.91 Å². The summed E-state index contributed by atoms with van der Waals surface area (Å²) < 4.78 is 0. The third kappa shape index (κ3) is 1.68. The minimum Gasteiger partial charge on any atom is -0.286 e. The highest BCUT2D eigenvalue weighted by Crippen LogP contribution is 2.39. The fraction of sp³-hybridized carbons (Fsp3) is 0.133. The summed E-state index contributed by atoms with van der Waals surface area (Å²) in [4.78, 5) is 18.1. The van der Waals surface area contributed by atoms with Crippen molar-refractivity contribution in [2.24, 2.45) is 0 Å². The minimum atomic E-state index is -0.641. The Morgan fingerprint density at radius 2 is 2.20 bits per heavy atom. The molecule has 4 nitrogen and oxygen atoms in total. The van der Waals surface area contributed by atoms with Crippen LogP contribution in [0.5, 0.6) is 0 Å². The van der Waals surface area contributed by atoms with Crippen molar-refractivity contribution in [2.45, 2.75) is 13.0 Å². The topological polar surface area (TPSA) is 57.0 Å². The van der Waals surface area contributed by atoms with E-state index in [0.717, 1.165) is 0 Å². The van der Waals surface area contributed by atoms with Gasteiger partial charge in [-0.25, -0.2) is 0 Å². The van der Waals surface area contributed by atoms with E-state index in [-0.39, 0.29) is 5.91 Å². The molecule has 0 bridgehead atoms. The Kier molecular flexibility index (Phi) is 2.92. The highest BCUT2D eigenvalue weighted by Gasteiger charge is 2.39. The molecule has 0 N–H and O–H groups in total. The van der Waals surface area contributed by atoms with Gasteiger partial charge in [-0.3, -0.25) is 14.7 Å². The number of nitriles is 1. The first-order chi connectivity index (χ1) is 9.65. The third-order valence-corrected chi connectivity index (χ3v) is 3.87. The molecule has 1 aromatic carbocycles. The summed E-state index contributed by atoms with van der Waals surface area (Å²) in [6.07, 6.45) is 3.20. The second-order valence-corrected chi connectivity index (χ2v) is 4.96. The number of pyridine rings is 1. The second kappa shape index (κ2) is 4.62.